The number of hydrogen-bond acceptors (Lipinski definition) is 3. The van der Waals surface area contributed by atoms with Crippen molar-refractivity contribution in [1.29, 1.82) is 0 Å². The zero-order valence-corrected chi connectivity index (χ0v) is 12.2. The Morgan fingerprint density at radius 2 is 1.81 bits per heavy atom. The maximum Gasteiger partial charge on any atom is 0.416 e. The molecule has 2 heterocycles. The van der Waals surface area contributed by atoms with Crippen molar-refractivity contribution in [2.24, 2.45) is 0 Å². The SMILES string of the molecule is CC.Cc1ccc(NCc2cnccc2C(F)(F)F)nc1. The average molecular weight is 297 g/mol. The van der Waals surface area contributed by atoms with Crippen LogP contribution in [0, 0.1) is 6.92 Å². The Morgan fingerprint density at radius 1 is 1.10 bits per heavy atom. The van der Waals surface area contributed by atoms with Crippen LogP contribution in [0.2, 0.25) is 0 Å². The highest BCUT2D eigenvalue weighted by molar-refractivity contribution is 5.37. The lowest BCUT2D eigenvalue weighted by Gasteiger charge is -2.12. The van der Waals surface area contributed by atoms with Crippen LogP contribution < -0.4 is 5.32 Å². The van der Waals surface area contributed by atoms with Crippen LogP contribution in [0.4, 0.5) is 19.0 Å². The summed E-state index contributed by atoms with van der Waals surface area (Å²) in [6.07, 6.45) is -0.378. The highest BCUT2D eigenvalue weighted by Crippen LogP contribution is 2.31. The first-order chi connectivity index (χ1) is 9.97. The molecule has 3 nitrogen and oxygen atoms in total. The fourth-order valence-corrected chi connectivity index (χ4v) is 1.60. The molecule has 0 aromatic carbocycles. The minimum absolute atomic E-state index is 0.0265. The van der Waals surface area contributed by atoms with E-state index in [1.165, 1.54) is 6.20 Å². The summed E-state index contributed by atoms with van der Waals surface area (Å²) in [6, 6.07) is 4.53. The Morgan fingerprint density at radius 3 is 2.38 bits per heavy atom. The van der Waals surface area contributed by atoms with Gasteiger partial charge in [-0.25, -0.2) is 4.98 Å². The highest BCUT2D eigenvalue weighted by atomic mass is 19.4. The summed E-state index contributed by atoms with van der Waals surface area (Å²) >= 11 is 0. The van der Waals surface area contributed by atoms with Crippen LogP contribution >= 0.6 is 0 Å². The quantitative estimate of drug-likeness (QED) is 0.910. The molecule has 0 spiro atoms. The van der Waals surface area contributed by atoms with Crippen molar-refractivity contribution in [2.75, 3.05) is 5.32 Å². The Bertz CT molecular complexity index is 551. The van der Waals surface area contributed by atoms with E-state index in [0.29, 0.717) is 5.82 Å². The van der Waals surface area contributed by atoms with Gasteiger partial charge in [0.25, 0.3) is 0 Å². The maximum absolute atomic E-state index is 12.8. The molecule has 2 rings (SSSR count). The number of rotatable bonds is 3. The predicted octanol–water partition coefficient (Wildman–Crippen LogP) is 4.44. The van der Waals surface area contributed by atoms with E-state index in [-0.39, 0.29) is 12.1 Å². The monoisotopic (exact) mass is 297 g/mol. The van der Waals surface area contributed by atoms with Gasteiger partial charge in [0, 0.05) is 30.7 Å². The minimum atomic E-state index is -4.37. The van der Waals surface area contributed by atoms with Crippen molar-refractivity contribution in [3.8, 4) is 0 Å². The number of nitrogens with zero attached hydrogens (tertiary/aromatic N) is 2. The molecule has 2 aromatic rings. The largest absolute Gasteiger partial charge is 0.416 e. The normalized spacial score (nSPS) is 10.6. The van der Waals surface area contributed by atoms with Gasteiger partial charge in [-0.1, -0.05) is 19.9 Å². The van der Waals surface area contributed by atoms with Gasteiger partial charge in [-0.2, -0.15) is 13.2 Å². The van der Waals surface area contributed by atoms with Gasteiger partial charge >= 0.3 is 6.18 Å². The third-order valence-electron chi connectivity index (χ3n) is 2.58. The summed E-state index contributed by atoms with van der Waals surface area (Å²) in [5, 5.41) is 2.85. The smallest absolute Gasteiger partial charge is 0.366 e. The summed E-state index contributed by atoms with van der Waals surface area (Å²) in [4.78, 5) is 7.80. The fourth-order valence-electron chi connectivity index (χ4n) is 1.60. The lowest BCUT2D eigenvalue weighted by atomic mass is 10.1. The first-order valence-electron chi connectivity index (χ1n) is 6.63. The molecule has 0 atom stereocenters. The standard InChI is InChI=1S/C13H12F3N3.C2H6/c1-9-2-3-12(18-6-9)19-8-10-7-17-5-4-11(10)13(14,15)16;1-2/h2-7H,8H2,1H3,(H,18,19);1-2H3. The summed E-state index contributed by atoms with van der Waals surface area (Å²) in [6.45, 7) is 5.92. The number of nitrogens with one attached hydrogen (secondary N) is 1. The second-order valence-electron chi connectivity index (χ2n) is 4.10. The number of pyridine rings is 2. The second-order valence-corrected chi connectivity index (χ2v) is 4.10. The van der Waals surface area contributed by atoms with Gasteiger partial charge in [0.1, 0.15) is 5.82 Å². The molecule has 0 aliphatic heterocycles. The lowest BCUT2D eigenvalue weighted by Crippen LogP contribution is -2.12. The zero-order chi connectivity index (χ0) is 15.9. The van der Waals surface area contributed by atoms with Gasteiger partial charge in [-0.3, -0.25) is 4.98 Å². The predicted molar refractivity (Wildman–Crippen MR) is 76.9 cm³/mol. The van der Waals surface area contributed by atoms with Crippen LogP contribution in [-0.2, 0) is 12.7 Å². The van der Waals surface area contributed by atoms with Gasteiger partial charge in [-0.15, -0.1) is 0 Å². The van der Waals surface area contributed by atoms with Crippen LogP contribution in [0.25, 0.3) is 0 Å². The average Bonchev–Trinajstić information content (AvgIpc) is 2.48. The summed E-state index contributed by atoms with van der Waals surface area (Å²) in [7, 11) is 0. The van der Waals surface area contributed by atoms with Crippen LogP contribution in [0.15, 0.2) is 36.8 Å². The van der Waals surface area contributed by atoms with Crippen LogP contribution in [0.3, 0.4) is 0 Å². The van der Waals surface area contributed by atoms with Crippen molar-refractivity contribution >= 4 is 5.82 Å². The van der Waals surface area contributed by atoms with E-state index in [1.807, 2.05) is 26.8 Å². The van der Waals surface area contributed by atoms with Gasteiger partial charge in [0.15, 0.2) is 0 Å². The summed E-state index contributed by atoms with van der Waals surface area (Å²) in [5.74, 6) is 0.530. The van der Waals surface area contributed by atoms with Crippen molar-refractivity contribution in [3.63, 3.8) is 0 Å². The third kappa shape index (κ3) is 5.06. The van der Waals surface area contributed by atoms with Crippen molar-refractivity contribution in [3.05, 3.63) is 53.5 Å². The molecule has 6 heteroatoms. The molecular weight excluding hydrogens is 279 g/mol. The molecule has 1 N–H and O–H groups in total. The van der Waals surface area contributed by atoms with Gasteiger partial charge in [0.05, 0.1) is 5.56 Å². The van der Waals surface area contributed by atoms with Crippen molar-refractivity contribution in [2.45, 2.75) is 33.5 Å². The maximum atomic E-state index is 12.8. The van der Waals surface area contributed by atoms with E-state index < -0.39 is 11.7 Å². The Hall–Kier alpha value is -2.11. The third-order valence-corrected chi connectivity index (χ3v) is 2.58. The Labute approximate surface area is 122 Å². The molecule has 0 saturated carbocycles. The molecule has 0 unspecified atom stereocenters. The fraction of sp³-hybridized carbons (Fsp3) is 0.333. The number of halogens is 3. The van der Waals surface area contributed by atoms with E-state index in [1.54, 1.807) is 12.3 Å². The molecule has 0 aliphatic rings. The first kappa shape index (κ1) is 16.9. The van der Waals surface area contributed by atoms with Gasteiger partial charge < -0.3 is 5.32 Å². The van der Waals surface area contributed by atoms with Crippen LogP contribution in [0.5, 0.6) is 0 Å². The molecule has 0 saturated heterocycles. The van der Waals surface area contributed by atoms with E-state index in [4.69, 9.17) is 0 Å². The van der Waals surface area contributed by atoms with Crippen LogP contribution in [0.1, 0.15) is 30.5 Å². The van der Waals surface area contributed by atoms with Crippen molar-refractivity contribution < 1.29 is 13.2 Å². The number of aryl methyl sites for hydroxylation is 1. The summed E-state index contributed by atoms with van der Waals surface area (Å²) in [5.41, 5.74) is 0.405. The molecule has 0 fully saturated rings. The molecule has 114 valence electrons. The number of anilines is 1. The Kier molecular flexibility index (Phi) is 6.14. The number of aromatic nitrogens is 2. The van der Waals surface area contributed by atoms with E-state index >= 15 is 0 Å². The molecule has 0 amide bonds. The van der Waals surface area contributed by atoms with E-state index in [2.05, 4.69) is 15.3 Å². The van der Waals surface area contributed by atoms with Gasteiger partial charge in [-0.05, 0) is 24.6 Å². The first-order valence-corrected chi connectivity index (χ1v) is 6.63. The van der Waals surface area contributed by atoms with E-state index in [9.17, 15) is 13.2 Å². The minimum Gasteiger partial charge on any atom is -0.366 e. The van der Waals surface area contributed by atoms with Gasteiger partial charge in [0.2, 0.25) is 0 Å². The molecule has 0 radical (unpaired) electrons. The number of hydrogen-bond donors (Lipinski definition) is 1. The lowest BCUT2D eigenvalue weighted by molar-refractivity contribution is -0.138. The highest BCUT2D eigenvalue weighted by Gasteiger charge is 2.33. The molecule has 0 bridgehead atoms. The van der Waals surface area contributed by atoms with E-state index in [0.717, 1.165) is 17.8 Å². The van der Waals surface area contributed by atoms with Crippen molar-refractivity contribution in [1.82, 2.24) is 9.97 Å². The number of alkyl halides is 3. The molecule has 2 aromatic heterocycles. The van der Waals surface area contributed by atoms with Crippen LogP contribution in [-0.4, -0.2) is 9.97 Å². The zero-order valence-electron chi connectivity index (χ0n) is 12.2. The Balaban J connectivity index is 0.00000106. The molecule has 0 aliphatic carbocycles. The topological polar surface area (TPSA) is 37.8 Å². The molecular formula is C15H18F3N3. The molecule has 21 heavy (non-hydrogen) atoms. The summed E-state index contributed by atoms with van der Waals surface area (Å²) < 4.78 is 38.3. The second kappa shape index (κ2) is 7.61.